The van der Waals surface area contributed by atoms with E-state index in [-0.39, 0.29) is 28.8 Å². The predicted molar refractivity (Wildman–Crippen MR) is 137 cm³/mol. The molecule has 1 N–H and O–H groups in total. The van der Waals surface area contributed by atoms with E-state index in [1.165, 1.54) is 4.90 Å². The van der Waals surface area contributed by atoms with Crippen LogP contribution in [0.4, 0.5) is 0 Å². The molecule has 0 bridgehead atoms. The lowest BCUT2D eigenvalue weighted by Crippen LogP contribution is -2.09. The van der Waals surface area contributed by atoms with Gasteiger partial charge in [0.25, 0.3) is 0 Å². The van der Waals surface area contributed by atoms with Crippen molar-refractivity contribution in [2.75, 3.05) is 6.61 Å². The predicted octanol–water partition coefficient (Wildman–Crippen LogP) is 5.72. The Bertz CT molecular complexity index is 1330. The SMILES string of the molecule is C/C=S(\Cc1c(C(=O)OCC)c2c(Cn3ccnc3)c(O)c(Br)cc2n1C)c1ccccc1. The molecule has 2 heterocycles. The molecule has 0 aliphatic rings. The number of ether oxygens (including phenoxy) is 1. The maximum atomic E-state index is 13.3. The molecule has 172 valence electrons. The van der Waals surface area contributed by atoms with Crippen LogP contribution in [0.2, 0.25) is 0 Å². The minimum atomic E-state index is -0.376. The third kappa shape index (κ3) is 4.50. The number of halogens is 1. The van der Waals surface area contributed by atoms with E-state index >= 15 is 0 Å². The van der Waals surface area contributed by atoms with Crippen LogP contribution < -0.4 is 0 Å². The summed E-state index contributed by atoms with van der Waals surface area (Å²) in [4.78, 5) is 18.6. The lowest BCUT2D eigenvalue weighted by Gasteiger charge is -2.13. The summed E-state index contributed by atoms with van der Waals surface area (Å²) in [6.07, 6.45) is 5.22. The van der Waals surface area contributed by atoms with Gasteiger partial charge in [0.15, 0.2) is 0 Å². The summed E-state index contributed by atoms with van der Waals surface area (Å²) in [7, 11) is 1.76. The Kier molecular flexibility index (Phi) is 7.05. The number of aromatic hydroxyl groups is 1. The van der Waals surface area contributed by atoms with Crippen molar-refractivity contribution in [3.63, 3.8) is 0 Å². The van der Waals surface area contributed by atoms with E-state index in [4.69, 9.17) is 4.74 Å². The molecule has 0 aliphatic heterocycles. The number of aryl methyl sites for hydroxylation is 1. The van der Waals surface area contributed by atoms with Gasteiger partial charge in [-0.1, -0.05) is 23.6 Å². The first kappa shape index (κ1) is 23.3. The normalized spacial score (nSPS) is 12.4. The van der Waals surface area contributed by atoms with Crippen molar-refractivity contribution in [3.8, 4) is 5.75 Å². The fraction of sp³-hybridized carbons (Fsp3) is 0.240. The number of hydrogen-bond donors (Lipinski definition) is 1. The molecule has 0 fully saturated rings. The highest BCUT2D eigenvalue weighted by Gasteiger charge is 2.27. The number of carbonyl (C=O) groups excluding carboxylic acids is 1. The van der Waals surface area contributed by atoms with Gasteiger partial charge in [-0.2, -0.15) is 10.5 Å². The molecule has 0 radical (unpaired) electrons. The van der Waals surface area contributed by atoms with Gasteiger partial charge in [-0.05, 0) is 48.0 Å². The van der Waals surface area contributed by atoms with Gasteiger partial charge in [0.05, 0.1) is 35.0 Å². The van der Waals surface area contributed by atoms with E-state index in [1.54, 1.807) is 19.4 Å². The zero-order chi connectivity index (χ0) is 23.5. The zero-order valence-corrected chi connectivity index (χ0v) is 21.2. The molecular formula is C25H26BrN3O3S. The van der Waals surface area contributed by atoms with Crippen LogP contribution in [0.1, 0.15) is 35.5 Å². The maximum Gasteiger partial charge on any atom is 0.340 e. The van der Waals surface area contributed by atoms with Crippen LogP contribution in [0.25, 0.3) is 10.9 Å². The molecule has 2 aromatic carbocycles. The van der Waals surface area contributed by atoms with E-state index in [0.29, 0.717) is 33.3 Å². The van der Waals surface area contributed by atoms with E-state index in [1.807, 2.05) is 42.1 Å². The third-order valence-corrected chi connectivity index (χ3v) is 8.28. The highest BCUT2D eigenvalue weighted by atomic mass is 79.9. The molecule has 4 aromatic rings. The monoisotopic (exact) mass is 527 g/mol. The summed E-state index contributed by atoms with van der Waals surface area (Å²) in [6.45, 7) is 4.51. The van der Waals surface area contributed by atoms with Crippen molar-refractivity contribution in [3.05, 3.63) is 76.4 Å². The second-order valence-electron chi connectivity index (χ2n) is 7.54. The van der Waals surface area contributed by atoms with Crippen LogP contribution in [-0.2, 0) is 24.1 Å². The van der Waals surface area contributed by atoms with E-state index in [2.05, 4.69) is 49.9 Å². The molecule has 4 rings (SSSR count). The topological polar surface area (TPSA) is 69.3 Å². The standard InChI is InChI=1S/C25H26BrN3O3S/c1-4-32-25(31)23-21(15-33(5-2)17-9-7-6-8-10-17)28(3)20-13-19(26)24(30)18(22(20)23)14-29-12-11-27-16-29/h5-13,16,30H,4,14-15H2,1-3H3. The van der Waals surface area contributed by atoms with Crippen molar-refractivity contribution in [1.82, 2.24) is 14.1 Å². The number of benzene rings is 2. The number of carbonyl (C=O) groups is 1. The molecule has 0 amide bonds. The third-order valence-electron chi connectivity index (χ3n) is 5.64. The average molecular weight is 528 g/mol. The summed E-state index contributed by atoms with van der Waals surface area (Å²) in [5.74, 6) is 0.394. The minimum absolute atomic E-state index is 0.114. The summed E-state index contributed by atoms with van der Waals surface area (Å²) in [5.41, 5.74) is 2.92. The Labute approximate surface area is 203 Å². The van der Waals surface area contributed by atoms with Gasteiger partial charge < -0.3 is 19.0 Å². The van der Waals surface area contributed by atoms with Crippen LogP contribution in [-0.4, -0.2) is 37.2 Å². The number of phenolic OH excluding ortho intramolecular Hbond substituents is 1. The first-order valence-corrected chi connectivity index (χ1v) is 12.9. The fourth-order valence-corrected chi connectivity index (χ4v) is 6.23. The van der Waals surface area contributed by atoms with Crippen LogP contribution in [0.5, 0.6) is 5.75 Å². The Hall–Kier alpha value is -2.84. The highest BCUT2D eigenvalue weighted by molar-refractivity contribution is 9.10. The van der Waals surface area contributed by atoms with Crippen molar-refractivity contribution >= 4 is 48.7 Å². The van der Waals surface area contributed by atoms with Crippen molar-refractivity contribution in [2.24, 2.45) is 7.05 Å². The lowest BCUT2D eigenvalue weighted by atomic mass is 10.0. The largest absolute Gasteiger partial charge is 0.506 e. The van der Waals surface area contributed by atoms with Gasteiger partial charge in [0.1, 0.15) is 5.75 Å². The van der Waals surface area contributed by atoms with E-state index in [9.17, 15) is 9.90 Å². The lowest BCUT2D eigenvalue weighted by molar-refractivity contribution is 0.0527. The Morgan fingerprint density at radius 2 is 2.06 bits per heavy atom. The number of hydrogen-bond acceptors (Lipinski definition) is 4. The minimum Gasteiger partial charge on any atom is -0.506 e. The van der Waals surface area contributed by atoms with Crippen LogP contribution in [0, 0.1) is 0 Å². The molecule has 33 heavy (non-hydrogen) atoms. The van der Waals surface area contributed by atoms with Crippen LogP contribution in [0.15, 0.2) is 64.5 Å². The van der Waals surface area contributed by atoms with Gasteiger partial charge in [-0.15, -0.1) is 0 Å². The van der Waals surface area contributed by atoms with Crippen molar-refractivity contribution < 1.29 is 14.6 Å². The highest BCUT2D eigenvalue weighted by Crippen LogP contribution is 2.42. The summed E-state index contributed by atoms with van der Waals surface area (Å²) in [6, 6.07) is 12.2. The maximum absolute atomic E-state index is 13.3. The number of aromatic nitrogens is 3. The number of imidazole rings is 1. The molecule has 8 heteroatoms. The first-order chi connectivity index (χ1) is 16.0. The van der Waals surface area contributed by atoms with E-state index in [0.717, 1.165) is 11.2 Å². The molecule has 1 atom stereocenters. The van der Waals surface area contributed by atoms with Crippen LogP contribution >= 0.6 is 26.4 Å². The summed E-state index contributed by atoms with van der Waals surface area (Å²) < 4.78 is 10.0. The number of rotatable bonds is 7. The molecule has 0 aliphatic carbocycles. The molecule has 0 saturated carbocycles. The van der Waals surface area contributed by atoms with Gasteiger partial charge in [-0.25, -0.2) is 9.78 Å². The summed E-state index contributed by atoms with van der Waals surface area (Å²) >= 11 is 3.50. The molecule has 1 unspecified atom stereocenters. The Morgan fingerprint density at radius 3 is 2.70 bits per heavy atom. The second-order valence-corrected chi connectivity index (χ2v) is 10.5. The van der Waals surface area contributed by atoms with Gasteiger partial charge >= 0.3 is 5.97 Å². The smallest absolute Gasteiger partial charge is 0.340 e. The average Bonchev–Trinajstić information content (AvgIpc) is 3.42. The number of phenols is 1. The number of fused-ring (bicyclic) bond motifs is 1. The molecule has 0 saturated heterocycles. The van der Waals surface area contributed by atoms with Crippen molar-refractivity contribution in [2.45, 2.75) is 31.0 Å². The quantitative estimate of drug-likeness (QED) is 0.246. The number of nitrogens with zero attached hydrogens (tertiary/aromatic N) is 3. The van der Waals surface area contributed by atoms with Gasteiger partial charge in [0, 0.05) is 46.7 Å². The molecular weight excluding hydrogens is 502 g/mol. The Morgan fingerprint density at radius 1 is 1.30 bits per heavy atom. The van der Waals surface area contributed by atoms with Gasteiger partial charge in [-0.3, -0.25) is 0 Å². The first-order valence-electron chi connectivity index (χ1n) is 10.6. The molecule has 2 aromatic heterocycles. The van der Waals surface area contributed by atoms with Gasteiger partial charge in [0.2, 0.25) is 0 Å². The zero-order valence-electron chi connectivity index (χ0n) is 18.8. The second kappa shape index (κ2) is 9.97. The van der Waals surface area contributed by atoms with Crippen molar-refractivity contribution in [1.29, 1.82) is 0 Å². The Balaban J connectivity index is 1.97. The molecule has 0 spiro atoms. The summed E-state index contributed by atoms with van der Waals surface area (Å²) in [5, 5.41) is 13.9. The van der Waals surface area contributed by atoms with E-state index < -0.39 is 0 Å². The van der Waals surface area contributed by atoms with Crippen LogP contribution in [0.3, 0.4) is 0 Å². The fourth-order valence-electron chi connectivity index (χ4n) is 4.03. The molecule has 6 nitrogen and oxygen atoms in total. The number of esters is 1.